The van der Waals surface area contributed by atoms with Crippen LogP contribution in [0.25, 0.3) is 16.9 Å². The first-order chi connectivity index (χ1) is 9.99. The van der Waals surface area contributed by atoms with E-state index in [1.165, 1.54) is 18.2 Å². The van der Waals surface area contributed by atoms with E-state index in [-0.39, 0.29) is 22.7 Å². The monoisotopic (exact) mass is 289 g/mol. The van der Waals surface area contributed by atoms with Crippen molar-refractivity contribution in [2.75, 3.05) is 5.73 Å². The number of aromatic nitrogens is 3. The van der Waals surface area contributed by atoms with Crippen LogP contribution in [0.1, 0.15) is 0 Å². The van der Waals surface area contributed by atoms with E-state index in [2.05, 4.69) is 10.1 Å². The fraction of sp³-hybridized carbons (Fsp3) is 0. The molecule has 0 radical (unpaired) electrons. The molecule has 0 atom stereocenters. The summed E-state index contributed by atoms with van der Waals surface area (Å²) in [5.74, 6) is -0.879. The third kappa shape index (κ3) is 1.91. The van der Waals surface area contributed by atoms with Crippen LogP contribution in [0, 0.1) is 15.9 Å². The number of rotatable bonds is 2. The maximum atomic E-state index is 13.8. The third-order valence-corrected chi connectivity index (χ3v) is 2.95. The number of fused-ring (bicyclic) bond motifs is 1. The van der Waals surface area contributed by atoms with Gasteiger partial charge in [-0.2, -0.15) is 4.52 Å². The average molecular weight is 289 g/mol. The van der Waals surface area contributed by atoms with Gasteiger partial charge in [-0.05, 0) is 12.1 Å². The fourth-order valence-electron chi connectivity index (χ4n) is 2.03. The second-order valence-electron chi connectivity index (χ2n) is 4.25. The normalized spacial score (nSPS) is 10.9. The lowest BCUT2D eigenvalue weighted by molar-refractivity contribution is -0.382. The fourth-order valence-corrected chi connectivity index (χ4v) is 2.03. The van der Waals surface area contributed by atoms with Crippen LogP contribution in [0.2, 0.25) is 0 Å². The Hall–Kier alpha value is -3.23. The molecule has 8 nitrogen and oxygen atoms in total. The number of halogens is 1. The highest BCUT2D eigenvalue weighted by molar-refractivity contribution is 5.74. The lowest BCUT2D eigenvalue weighted by Crippen LogP contribution is -2.14. The van der Waals surface area contributed by atoms with E-state index in [9.17, 15) is 19.3 Å². The zero-order valence-electron chi connectivity index (χ0n) is 10.4. The average Bonchev–Trinajstić information content (AvgIpc) is 2.76. The Morgan fingerprint density at radius 3 is 2.76 bits per heavy atom. The van der Waals surface area contributed by atoms with Crippen molar-refractivity contribution in [3.63, 3.8) is 0 Å². The highest BCUT2D eigenvalue weighted by Gasteiger charge is 2.24. The largest absolute Gasteiger partial charge is 0.378 e. The van der Waals surface area contributed by atoms with Gasteiger partial charge in [-0.25, -0.2) is 9.37 Å². The van der Waals surface area contributed by atoms with E-state index >= 15 is 0 Å². The Labute approximate surface area is 115 Å². The van der Waals surface area contributed by atoms with Gasteiger partial charge in [0.15, 0.2) is 5.82 Å². The molecule has 3 rings (SSSR count). The van der Waals surface area contributed by atoms with Gasteiger partial charge in [0, 0.05) is 11.6 Å². The van der Waals surface area contributed by atoms with Crippen molar-refractivity contribution in [3.8, 4) is 11.3 Å². The number of hydrogen-bond donors (Lipinski definition) is 2. The van der Waals surface area contributed by atoms with Crippen LogP contribution in [0.15, 0.2) is 35.1 Å². The lowest BCUT2D eigenvalue weighted by Gasteiger charge is -2.02. The molecule has 2 heterocycles. The summed E-state index contributed by atoms with van der Waals surface area (Å²) >= 11 is 0. The predicted molar refractivity (Wildman–Crippen MR) is 72.3 cm³/mol. The summed E-state index contributed by atoms with van der Waals surface area (Å²) in [6.45, 7) is 0. The number of nitrogens with two attached hydrogens (primary N) is 1. The van der Waals surface area contributed by atoms with E-state index < -0.39 is 22.0 Å². The number of aromatic amines is 1. The van der Waals surface area contributed by atoms with Crippen LogP contribution in [0.3, 0.4) is 0 Å². The van der Waals surface area contributed by atoms with E-state index in [1.807, 2.05) is 0 Å². The van der Waals surface area contributed by atoms with E-state index in [4.69, 9.17) is 5.73 Å². The van der Waals surface area contributed by atoms with E-state index in [0.29, 0.717) is 0 Å². The van der Waals surface area contributed by atoms with Gasteiger partial charge in [0.2, 0.25) is 5.65 Å². The van der Waals surface area contributed by atoms with Crippen molar-refractivity contribution < 1.29 is 9.31 Å². The number of hydrogen-bond acceptors (Lipinski definition) is 5. The van der Waals surface area contributed by atoms with Crippen molar-refractivity contribution in [1.82, 2.24) is 14.6 Å². The topological polar surface area (TPSA) is 119 Å². The molecule has 0 saturated carbocycles. The molecule has 0 fully saturated rings. The van der Waals surface area contributed by atoms with Crippen LogP contribution in [-0.2, 0) is 0 Å². The SMILES string of the molecule is Nc1[nH]n2c(=O)cc(-c3ccccc3F)nc2c1[N+](=O)[O-]. The van der Waals surface area contributed by atoms with Crippen molar-refractivity contribution in [1.29, 1.82) is 0 Å². The van der Waals surface area contributed by atoms with E-state index in [0.717, 1.165) is 10.6 Å². The van der Waals surface area contributed by atoms with Gasteiger partial charge >= 0.3 is 5.69 Å². The molecular formula is C12H8FN5O3. The maximum Gasteiger partial charge on any atom is 0.354 e. The highest BCUT2D eigenvalue weighted by atomic mass is 19.1. The second kappa shape index (κ2) is 4.40. The van der Waals surface area contributed by atoms with Crippen molar-refractivity contribution in [2.24, 2.45) is 0 Å². The summed E-state index contributed by atoms with van der Waals surface area (Å²) in [4.78, 5) is 26.2. The molecule has 1 aromatic carbocycles. The first kappa shape index (κ1) is 12.8. The van der Waals surface area contributed by atoms with Gasteiger partial charge in [-0.3, -0.25) is 20.0 Å². The number of anilines is 1. The first-order valence-electron chi connectivity index (χ1n) is 5.79. The summed E-state index contributed by atoms with van der Waals surface area (Å²) < 4.78 is 14.6. The number of benzene rings is 1. The summed E-state index contributed by atoms with van der Waals surface area (Å²) in [5, 5.41) is 13.4. The van der Waals surface area contributed by atoms with Crippen LogP contribution < -0.4 is 11.3 Å². The molecule has 2 aromatic heterocycles. The lowest BCUT2D eigenvalue weighted by atomic mass is 10.1. The molecule has 0 unspecified atom stereocenters. The molecule has 3 N–H and O–H groups in total. The van der Waals surface area contributed by atoms with Gasteiger partial charge in [-0.1, -0.05) is 12.1 Å². The molecule has 0 aliphatic carbocycles. The molecule has 0 bridgehead atoms. The molecule has 0 amide bonds. The molecule has 106 valence electrons. The summed E-state index contributed by atoms with van der Waals surface area (Å²) in [6.07, 6.45) is 0. The minimum Gasteiger partial charge on any atom is -0.378 e. The summed E-state index contributed by atoms with van der Waals surface area (Å²) in [5.41, 5.74) is 4.14. The Morgan fingerprint density at radius 1 is 1.38 bits per heavy atom. The number of nitrogen functional groups attached to an aromatic ring is 1. The third-order valence-electron chi connectivity index (χ3n) is 2.95. The Bertz CT molecular complexity index is 930. The number of nitro groups is 1. The van der Waals surface area contributed by atoms with Gasteiger partial charge in [0.1, 0.15) is 5.82 Å². The Kier molecular flexibility index (Phi) is 2.68. The molecular weight excluding hydrogens is 281 g/mol. The Balaban J connectivity index is 2.38. The maximum absolute atomic E-state index is 13.8. The van der Waals surface area contributed by atoms with Crippen LogP contribution >= 0.6 is 0 Å². The quantitative estimate of drug-likeness (QED) is 0.544. The molecule has 3 aromatic rings. The number of nitrogens with zero attached hydrogens (tertiary/aromatic N) is 3. The molecule has 0 spiro atoms. The molecule has 0 saturated heterocycles. The Morgan fingerprint density at radius 2 is 2.10 bits per heavy atom. The zero-order chi connectivity index (χ0) is 15.1. The minimum absolute atomic E-state index is 0.000185. The van der Waals surface area contributed by atoms with Crippen molar-refractivity contribution >= 4 is 17.2 Å². The number of H-pyrrole nitrogens is 1. The molecule has 0 aliphatic heterocycles. The summed E-state index contributed by atoms with van der Waals surface area (Å²) in [7, 11) is 0. The zero-order valence-corrected chi connectivity index (χ0v) is 10.4. The molecule has 0 aliphatic rings. The predicted octanol–water partition coefficient (Wildman–Crippen LogP) is 1.32. The standard InChI is InChI=1S/C12H8FN5O3/c13-7-4-2-1-3-6(7)8-5-9(19)17-12(15-8)10(18(20)21)11(14)16-17/h1-5,16H,14H2. The van der Waals surface area contributed by atoms with E-state index in [1.54, 1.807) is 6.07 Å². The smallest absolute Gasteiger partial charge is 0.354 e. The minimum atomic E-state index is -0.751. The van der Waals surface area contributed by atoms with Crippen LogP contribution in [0.4, 0.5) is 15.9 Å². The molecule has 21 heavy (non-hydrogen) atoms. The van der Waals surface area contributed by atoms with Gasteiger partial charge in [-0.15, -0.1) is 0 Å². The first-order valence-corrected chi connectivity index (χ1v) is 5.79. The van der Waals surface area contributed by atoms with Crippen molar-refractivity contribution in [3.05, 3.63) is 56.6 Å². The van der Waals surface area contributed by atoms with Gasteiger partial charge < -0.3 is 5.73 Å². The van der Waals surface area contributed by atoms with Crippen molar-refractivity contribution in [2.45, 2.75) is 0 Å². The second-order valence-corrected chi connectivity index (χ2v) is 4.25. The van der Waals surface area contributed by atoms with Crippen LogP contribution in [-0.4, -0.2) is 19.5 Å². The highest BCUT2D eigenvalue weighted by Crippen LogP contribution is 2.26. The van der Waals surface area contributed by atoms with Gasteiger partial charge in [0.25, 0.3) is 5.56 Å². The summed E-state index contributed by atoms with van der Waals surface area (Å²) in [6, 6.07) is 6.77. The molecule has 9 heteroatoms. The van der Waals surface area contributed by atoms with Gasteiger partial charge in [0.05, 0.1) is 10.6 Å². The van der Waals surface area contributed by atoms with Crippen LogP contribution in [0.5, 0.6) is 0 Å². The number of nitrogens with one attached hydrogen (secondary N) is 1.